The number of benzene rings is 1. The quantitative estimate of drug-likeness (QED) is 0.810. The lowest BCUT2D eigenvalue weighted by molar-refractivity contribution is -0.0887. The van der Waals surface area contributed by atoms with Gasteiger partial charge in [-0.1, -0.05) is 26.0 Å². The highest BCUT2D eigenvalue weighted by Crippen LogP contribution is 2.35. The molecule has 0 aromatic heterocycles. The number of rotatable bonds is 2. The minimum absolute atomic E-state index is 0.120. The van der Waals surface area contributed by atoms with E-state index in [2.05, 4.69) is 0 Å². The SMILES string of the molecule is Cc1ccc(C(C)C)c(O)c1C(=O)C(F)(F)F. The molecular weight excluding hydrogens is 233 g/mol. The fourth-order valence-electron chi connectivity index (χ4n) is 1.60. The number of phenols is 1. The van der Waals surface area contributed by atoms with Crippen LogP contribution < -0.4 is 0 Å². The van der Waals surface area contributed by atoms with Gasteiger partial charge in [0.15, 0.2) is 0 Å². The van der Waals surface area contributed by atoms with Crippen molar-refractivity contribution in [3.05, 3.63) is 28.8 Å². The summed E-state index contributed by atoms with van der Waals surface area (Å²) in [5, 5.41) is 9.75. The second kappa shape index (κ2) is 4.39. The highest BCUT2D eigenvalue weighted by Gasteiger charge is 2.41. The van der Waals surface area contributed by atoms with Crippen LogP contribution in [-0.4, -0.2) is 17.1 Å². The maximum absolute atomic E-state index is 12.4. The molecule has 0 saturated carbocycles. The Morgan fingerprint density at radius 3 is 2.24 bits per heavy atom. The zero-order chi connectivity index (χ0) is 13.4. The van der Waals surface area contributed by atoms with Gasteiger partial charge in [0.05, 0.1) is 5.56 Å². The monoisotopic (exact) mass is 246 g/mol. The number of carbonyl (C=O) groups is 1. The van der Waals surface area contributed by atoms with E-state index >= 15 is 0 Å². The average molecular weight is 246 g/mol. The van der Waals surface area contributed by atoms with E-state index in [9.17, 15) is 23.1 Å². The highest BCUT2D eigenvalue weighted by atomic mass is 19.4. The van der Waals surface area contributed by atoms with Crippen molar-refractivity contribution in [3.63, 3.8) is 0 Å². The van der Waals surface area contributed by atoms with Gasteiger partial charge in [-0.05, 0) is 24.0 Å². The Bertz CT molecular complexity index is 448. The van der Waals surface area contributed by atoms with Crippen LogP contribution in [0.5, 0.6) is 5.75 Å². The Morgan fingerprint density at radius 1 is 1.29 bits per heavy atom. The van der Waals surface area contributed by atoms with Gasteiger partial charge in [0.1, 0.15) is 5.75 Å². The summed E-state index contributed by atoms with van der Waals surface area (Å²) in [6, 6.07) is 2.94. The normalized spacial score (nSPS) is 11.9. The fraction of sp³-hybridized carbons (Fsp3) is 0.417. The standard InChI is InChI=1S/C12H13F3O2/c1-6(2)8-5-4-7(3)9(10(8)16)11(17)12(13,14)15/h4-6,16H,1-3H3. The summed E-state index contributed by atoms with van der Waals surface area (Å²) in [4.78, 5) is 11.2. The van der Waals surface area contributed by atoms with E-state index in [4.69, 9.17) is 0 Å². The molecule has 94 valence electrons. The van der Waals surface area contributed by atoms with Gasteiger partial charge in [-0.3, -0.25) is 4.79 Å². The van der Waals surface area contributed by atoms with Crippen molar-refractivity contribution in [2.45, 2.75) is 32.9 Å². The first-order valence-electron chi connectivity index (χ1n) is 5.10. The topological polar surface area (TPSA) is 37.3 Å². The molecule has 0 amide bonds. The number of hydrogen-bond donors (Lipinski definition) is 1. The number of halogens is 3. The minimum Gasteiger partial charge on any atom is -0.507 e. The van der Waals surface area contributed by atoms with Crippen molar-refractivity contribution in [2.24, 2.45) is 0 Å². The van der Waals surface area contributed by atoms with Gasteiger partial charge in [0.25, 0.3) is 5.78 Å². The Balaban J connectivity index is 3.43. The van der Waals surface area contributed by atoms with E-state index in [0.717, 1.165) is 0 Å². The Morgan fingerprint density at radius 2 is 1.82 bits per heavy atom. The van der Waals surface area contributed by atoms with Gasteiger partial charge in [0.2, 0.25) is 0 Å². The second-order valence-electron chi connectivity index (χ2n) is 4.18. The Labute approximate surface area is 97.1 Å². The largest absolute Gasteiger partial charge is 0.507 e. The number of hydrogen-bond acceptors (Lipinski definition) is 2. The zero-order valence-electron chi connectivity index (χ0n) is 9.72. The summed E-state index contributed by atoms with van der Waals surface area (Å²) >= 11 is 0. The van der Waals surface area contributed by atoms with Gasteiger partial charge in [-0.25, -0.2) is 0 Å². The average Bonchev–Trinajstić information content (AvgIpc) is 2.15. The molecule has 0 saturated heterocycles. The van der Waals surface area contributed by atoms with E-state index in [-0.39, 0.29) is 11.5 Å². The van der Waals surface area contributed by atoms with Crippen LogP contribution in [0.3, 0.4) is 0 Å². The molecule has 0 heterocycles. The summed E-state index contributed by atoms with van der Waals surface area (Å²) in [7, 11) is 0. The summed E-state index contributed by atoms with van der Waals surface area (Å²) in [5.74, 6) is -2.73. The van der Waals surface area contributed by atoms with Crippen molar-refractivity contribution < 1.29 is 23.1 Å². The van der Waals surface area contributed by atoms with Crippen LogP contribution in [0.4, 0.5) is 13.2 Å². The molecule has 1 N–H and O–H groups in total. The Kier molecular flexibility index (Phi) is 3.50. The molecule has 0 radical (unpaired) electrons. The lowest BCUT2D eigenvalue weighted by Crippen LogP contribution is -2.24. The Hall–Kier alpha value is -1.52. The first kappa shape index (κ1) is 13.5. The molecular formula is C12H13F3O2. The van der Waals surface area contributed by atoms with Crippen molar-refractivity contribution in [3.8, 4) is 5.75 Å². The summed E-state index contributed by atoms with van der Waals surface area (Å²) in [5.41, 5.74) is -0.193. The van der Waals surface area contributed by atoms with Gasteiger partial charge in [0, 0.05) is 0 Å². The number of aryl methyl sites for hydroxylation is 1. The van der Waals surface area contributed by atoms with Crippen LogP contribution in [0.1, 0.15) is 41.3 Å². The number of Topliss-reactive ketones (excluding diaryl/α,β-unsaturated/α-hetero) is 1. The number of carbonyl (C=O) groups excluding carboxylic acids is 1. The second-order valence-corrected chi connectivity index (χ2v) is 4.18. The van der Waals surface area contributed by atoms with E-state index < -0.39 is 23.3 Å². The molecule has 0 spiro atoms. The first-order valence-corrected chi connectivity index (χ1v) is 5.10. The molecule has 1 rings (SSSR count). The molecule has 0 unspecified atom stereocenters. The van der Waals surface area contributed by atoms with Crippen molar-refractivity contribution in [1.82, 2.24) is 0 Å². The third-order valence-electron chi connectivity index (χ3n) is 2.52. The summed E-state index contributed by atoms with van der Waals surface area (Å²) < 4.78 is 37.1. The van der Waals surface area contributed by atoms with Crippen molar-refractivity contribution in [1.29, 1.82) is 0 Å². The molecule has 2 nitrogen and oxygen atoms in total. The minimum atomic E-state index is -4.97. The molecule has 1 aromatic rings. The number of aromatic hydroxyl groups is 1. The van der Waals surface area contributed by atoms with Crippen molar-refractivity contribution >= 4 is 5.78 Å². The van der Waals surface area contributed by atoms with E-state index in [1.807, 2.05) is 0 Å². The number of ketones is 1. The van der Waals surface area contributed by atoms with Crippen LogP contribution in [0.15, 0.2) is 12.1 Å². The van der Waals surface area contributed by atoms with Crippen LogP contribution in [-0.2, 0) is 0 Å². The lowest BCUT2D eigenvalue weighted by atomic mass is 9.94. The molecule has 0 atom stereocenters. The summed E-state index contributed by atoms with van der Waals surface area (Å²) in [6.07, 6.45) is -4.97. The maximum Gasteiger partial charge on any atom is 0.455 e. The summed E-state index contributed by atoms with van der Waals surface area (Å²) in [6.45, 7) is 4.82. The van der Waals surface area contributed by atoms with E-state index in [1.165, 1.54) is 19.1 Å². The third-order valence-corrected chi connectivity index (χ3v) is 2.52. The first-order chi connectivity index (χ1) is 7.66. The number of alkyl halides is 3. The molecule has 0 aliphatic heterocycles. The number of phenolic OH excluding ortho intramolecular Hbond substituents is 1. The molecule has 1 aromatic carbocycles. The van der Waals surface area contributed by atoms with Crippen LogP contribution in [0, 0.1) is 6.92 Å². The fourth-order valence-corrected chi connectivity index (χ4v) is 1.60. The smallest absolute Gasteiger partial charge is 0.455 e. The lowest BCUT2D eigenvalue weighted by Gasteiger charge is -2.15. The molecule has 0 bridgehead atoms. The highest BCUT2D eigenvalue weighted by molar-refractivity contribution is 6.04. The molecule has 17 heavy (non-hydrogen) atoms. The van der Waals surface area contributed by atoms with Gasteiger partial charge >= 0.3 is 6.18 Å². The van der Waals surface area contributed by atoms with E-state index in [1.54, 1.807) is 13.8 Å². The molecule has 0 fully saturated rings. The van der Waals surface area contributed by atoms with Gasteiger partial charge in [-0.15, -0.1) is 0 Å². The predicted molar refractivity (Wildman–Crippen MR) is 57.3 cm³/mol. The third kappa shape index (κ3) is 2.60. The zero-order valence-corrected chi connectivity index (χ0v) is 9.72. The maximum atomic E-state index is 12.4. The molecule has 0 aliphatic carbocycles. The molecule has 5 heteroatoms. The van der Waals surface area contributed by atoms with Crippen LogP contribution in [0.25, 0.3) is 0 Å². The van der Waals surface area contributed by atoms with Crippen molar-refractivity contribution in [2.75, 3.05) is 0 Å². The van der Waals surface area contributed by atoms with Gasteiger partial charge < -0.3 is 5.11 Å². The van der Waals surface area contributed by atoms with Crippen LogP contribution >= 0.6 is 0 Å². The van der Waals surface area contributed by atoms with Gasteiger partial charge in [-0.2, -0.15) is 13.2 Å². The molecule has 0 aliphatic rings. The van der Waals surface area contributed by atoms with E-state index in [0.29, 0.717) is 5.56 Å². The van der Waals surface area contributed by atoms with Crippen LogP contribution in [0.2, 0.25) is 0 Å². The predicted octanol–water partition coefficient (Wildman–Crippen LogP) is 3.57.